The quantitative estimate of drug-likeness (QED) is 0.721. The van der Waals surface area contributed by atoms with Gasteiger partial charge < -0.3 is 4.42 Å². The fourth-order valence-electron chi connectivity index (χ4n) is 1.15. The highest BCUT2D eigenvalue weighted by atomic mass is 79.9. The van der Waals surface area contributed by atoms with E-state index in [9.17, 15) is 0 Å². The molecule has 0 bridgehead atoms. The molecule has 1 atom stereocenters. The van der Waals surface area contributed by atoms with Crippen molar-refractivity contribution in [3.8, 4) is 0 Å². The molecule has 0 saturated carbocycles. The first-order valence-corrected chi connectivity index (χ1v) is 5.39. The maximum Gasteiger partial charge on any atom is 0.0934 e. The molecule has 12 heavy (non-hydrogen) atoms. The largest absolute Gasteiger partial charge is 0.472 e. The highest BCUT2D eigenvalue weighted by Crippen LogP contribution is 2.28. The Hall–Kier alpha value is -0.240. The van der Waals surface area contributed by atoms with Crippen molar-refractivity contribution >= 4 is 15.9 Å². The molecule has 1 aromatic heterocycles. The van der Waals surface area contributed by atoms with E-state index in [1.54, 1.807) is 6.26 Å². The minimum absolute atomic E-state index is 0.365. The second kappa shape index (κ2) is 4.13. The van der Waals surface area contributed by atoms with E-state index in [4.69, 9.17) is 4.42 Å². The Kier molecular flexibility index (Phi) is 3.39. The molecule has 1 heterocycles. The minimum atomic E-state index is 0.365. The third-order valence-electron chi connectivity index (χ3n) is 2.39. The van der Waals surface area contributed by atoms with Crippen LogP contribution in [0.1, 0.15) is 25.8 Å². The van der Waals surface area contributed by atoms with E-state index in [0.29, 0.717) is 5.41 Å². The molecule has 0 aliphatic rings. The van der Waals surface area contributed by atoms with Crippen LogP contribution in [0.25, 0.3) is 0 Å². The summed E-state index contributed by atoms with van der Waals surface area (Å²) in [6.45, 7) is 4.51. The summed E-state index contributed by atoms with van der Waals surface area (Å²) in [6, 6.07) is 2.04. The van der Waals surface area contributed by atoms with Crippen LogP contribution < -0.4 is 0 Å². The molecule has 1 rings (SSSR count). The van der Waals surface area contributed by atoms with E-state index in [2.05, 4.69) is 29.8 Å². The summed E-state index contributed by atoms with van der Waals surface area (Å²) < 4.78 is 5.03. The van der Waals surface area contributed by atoms with Crippen molar-refractivity contribution in [3.05, 3.63) is 24.2 Å². The normalized spacial score (nSPS) is 15.9. The molecule has 0 radical (unpaired) electrons. The van der Waals surface area contributed by atoms with Crippen LogP contribution in [0.15, 0.2) is 23.0 Å². The lowest BCUT2D eigenvalue weighted by atomic mass is 9.84. The summed E-state index contributed by atoms with van der Waals surface area (Å²) in [4.78, 5) is 0. The minimum Gasteiger partial charge on any atom is -0.472 e. The van der Waals surface area contributed by atoms with Crippen molar-refractivity contribution in [1.82, 2.24) is 0 Å². The van der Waals surface area contributed by atoms with E-state index >= 15 is 0 Å². The van der Waals surface area contributed by atoms with Gasteiger partial charge in [0.1, 0.15) is 0 Å². The van der Waals surface area contributed by atoms with E-state index < -0.39 is 0 Å². The smallest absolute Gasteiger partial charge is 0.0934 e. The first kappa shape index (κ1) is 9.85. The molecular weight excluding hydrogens is 216 g/mol. The van der Waals surface area contributed by atoms with Gasteiger partial charge in [0.15, 0.2) is 0 Å². The second-order valence-corrected chi connectivity index (χ2v) is 4.17. The standard InChI is InChI=1S/C10H15BrO/c1-3-10(2,8-11)6-9-4-5-12-7-9/h4-5,7H,3,6,8H2,1-2H3. The number of alkyl halides is 1. The number of hydrogen-bond acceptors (Lipinski definition) is 1. The number of halogens is 1. The summed E-state index contributed by atoms with van der Waals surface area (Å²) in [6.07, 6.45) is 5.84. The molecule has 0 spiro atoms. The van der Waals surface area contributed by atoms with E-state index in [-0.39, 0.29) is 0 Å². The van der Waals surface area contributed by atoms with Gasteiger partial charge in [-0.1, -0.05) is 29.8 Å². The summed E-state index contributed by atoms with van der Waals surface area (Å²) in [7, 11) is 0. The van der Waals surface area contributed by atoms with Gasteiger partial charge in [0.25, 0.3) is 0 Å². The third kappa shape index (κ3) is 2.37. The van der Waals surface area contributed by atoms with Crippen molar-refractivity contribution in [2.75, 3.05) is 5.33 Å². The highest BCUT2D eigenvalue weighted by molar-refractivity contribution is 9.09. The van der Waals surface area contributed by atoms with Crippen molar-refractivity contribution in [2.45, 2.75) is 26.7 Å². The fraction of sp³-hybridized carbons (Fsp3) is 0.600. The van der Waals surface area contributed by atoms with Gasteiger partial charge in [0.05, 0.1) is 12.5 Å². The Morgan fingerprint density at radius 2 is 2.33 bits per heavy atom. The molecular formula is C10H15BrO. The van der Waals surface area contributed by atoms with Crippen LogP contribution in [-0.4, -0.2) is 5.33 Å². The average Bonchev–Trinajstić information content (AvgIpc) is 2.57. The molecule has 0 aliphatic heterocycles. The zero-order chi connectivity index (χ0) is 9.03. The topological polar surface area (TPSA) is 13.1 Å². The lowest BCUT2D eigenvalue weighted by Crippen LogP contribution is -2.19. The summed E-state index contributed by atoms with van der Waals surface area (Å²) >= 11 is 3.55. The zero-order valence-electron chi connectivity index (χ0n) is 7.64. The van der Waals surface area contributed by atoms with Gasteiger partial charge in [-0.25, -0.2) is 0 Å². The Morgan fingerprint density at radius 3 is 2.75 bits per heavy atom. The van der Waals surface area contributed by atoms with E-state index in [0.717, 1.165) is 11.8 Å². The average molecular weight is 231 g/mol. The molecule has 1 unspecified atom stereocenters. The molecule has 0 fully saturated rings. The predicted molar refractivity (Wildman–Crippen MR) is 54.6 cm³/mol. The first-order valence-electron chi connectivity index (χ1n) is 4.27. The molecule has 0 aromatic carbocycles. The Morgan fingerprint density at radius 1 is 1.58 bits per heavy atom. The fourth-order valence-corrected chi connectivity index (χ4v) is 1.75. The lowest BCUT2D eigenvalue weighted by Gasteiger charge is -2.24. The van der Waals surface area contributed by atoms with Gasteiger partial charge in [-0.15, -0.1) is 0 Å². The highest BCUT2D eigenvalue weighted by Gasteiger charge is 2.21. The monoisotopic (exact) mass is 230 g/mol. The second-order valence-electron chi connectivity index (χ2n) is 3.61. The Labute approximate surface area is 82.3 Å². The van der Waals surface area contributed by atoms with Crippen molar-refractivity contribution < 1.29 is 4.42 Å². The van der Waals surface area contributed by atoms with Gasteiger partial charge in [-0.2, -0.15) is 0 Å². The van der Waals surface area contributed by atoms with Crippen LogP contribution in [-0.2, 0) is 6.42 Å². The SMILES string of the molecule is CCC(C)(CBr)Cc1ccoc1. The maximum absolute atomic E-state index is 5.03. The maximum atomic E-state index is 5.03. The van der Waals surface area contributed by atoms with Crippen molar-refractivity contribution in [3.63, 3.8) is 0 Å². The van der Waals surface area contributed by atoms with Crippen LogP contribution in [0, 0.1) is 5.41 Å². The van der Waals surface area contributed by atoms with Crippen LogP contribution >= 0.6 is 15.9 Å². The summed E-state index contributed by atoms with van der Waals surface area (Å²) in [5, 5.41) is 1.04. The molecule has 0 saturated heterocycles. The Bertz CT molecular complexity index is 212. The zero-order valence-corrected chi connectivity index (χ0v) is 9.23. The third-order valence-corrected chi connectivity index (χ3v) is 3.74. The molecule has 0 aliphatic carbocycles. The predicted octanol–water partition coefficient (Wildman–Crippen LogP) is 3.63. The van der Waals surface area contributed by atoms with Gasteiger partial charge in [-0.05, 0) is 29.9 Å². The van der Waals surface area contributed by atoms with Crippen LogP contribution in [0.2, 0.25) is 0 Å². The summed E-state index contributed by atoms with van der Waals surface area (Å²) in [5.74, 6) is 0. The molecule has 0 amide bonds. The van der Waals surface area contributed by atoms with Crippen molar-refractivity contribution in [1.29, 1.82) is 0 Å². The van der Waals surface area contributed by atoms with Crippen LogP contribution in [0.5, 0.6) is 0 Å². The lowest BCUT2D eigenvalue weighted by molar-refractivity contribution is 0.360. The van der Waals surface area contributed by atoms with Gasteiger partial charge >= 0.3 is 0 Å². The van der Waals surface area contributed by atoms with Crippen molar-refractivity contribution in [2.24, 2.45) is 5.41 Å². The van der Waals surface area contributed by atoms with E-state index in [1.807, 2.05) is 12.3 Å². The molecule has 1 aromatic rings. The Balaban J connectivity index is 2.60. The number of rotatable bonds is 4. The van der Waals surface area contributed by atoms with Gasteiger partial charge in [0, 0.05) is 5.33 Å². The van der Waals surface area contributed by atoms with Gasteiger partial charge in [0.2, 0.25) is 0 Å². The number of furan rings is 1. The van der Waals surface area contributed by atoms with Crippen LogP contribution in [0.3, 0.4) is 0 Å². The van der Waals surface area contributed by atoms with E-state index in [1.165, 1.54) is 12.0 Å². The van der Waals surface area contributed by atoms with Gasteiger partial charge in [-0.3, -0.25) is 0 Å². The molecule has 1 nitrogen and oxygen atoms in total. The van der Waals surface area contributed by atoms with Crippen LogP contribution in [0.4, 0.5) is 0 Å². The summed E-state index contributed by atoms with van der Waals surface area (Å²) in [5.41, 5.74) is 1.66. The molecule has 0 N–H and O–H groups in total. The molecule has 2 heteroatoms. The number of hydrogen-bond donors (Lipinski definition) is 0. The molecule has 68 valence electrons. The first-order chi connectivity index (χ1) is 5.70.